The second-order valence-electron chi connectivity index (χ2n) is 7.50. The van der Waals surface area contributed by atoms with E-state index >= 15 is 0 Å². The minimum absolute atomic E-state index is 0.101. The minimum atomic E-state index is -0.914. The maximum atomic E-state index is 11.4. The molecule has 3 rings (SSSR count). The summed E-state index contributed by atoms with van der Waals surface area (Å²) in [6.07, 6.45) is 3.09. The van der Waals surface area contributed by atoms with Gasteiger partial charge in [-0.2, -0.15) is 0 Å². The molecule has 0 unspecified atom stereocenters. The Morgan fingerprint density at radius 3 is 1.89 bits per heavy atom. The Morgan fingerprint density at radius 1 is 0.857 bits per heavy atom. The van der Waals surface area contributed by atoms with Gasteiger partial charge in [0.1, 0.15) is 0 Å². The summed E-state index contributed by atoms with van der Waals surface area (Å²) in [7, 11) is 0. The Labute approximate surface area is 168 Å². The van der Waals surface area contributed by atoms with Gasteiger partial charge in [-0.15, -0.1) is 6.58 Å². The van der Waals surface area contributed by atoms with Gasteiger partial charge in [0, 0.05) is 12.2 Å². The highest BCUT2D eigenvalue weighted by Crippen LogP contribution is 2.30. The number of hydrogen-bond acceptors (Lipinski definition) is 2. The van der Waals surface area contributed by atoms with Gasteiger partial charge in [-0.25, -0.2) is 0 Å². The number of nitrogens with zero attached hydrogens (tertiary/aromatic N) is 1. The fraction of sp³-hybridized carbons (Fsp3) is 0.231. The van der Waals surface area contributed by atoms with Gasteiger partial charge in [0.2, 0.25) is 0 Å². The van der Waals surface area contributed by atoms with Crippen molar-refractivity contribution in [2.45, 2.75) is 38.0 Å². The van der Waals surface area contributed by atoms with E-state index in [1.807, 2.05) is 31.2 Å². The molecule has 2 atom stereocenters. The summed E-state index contributed by atoms with van der Waals surface area (Å²) in [5.41, 5.74) is 2.63. The standard InChI is InChI=1S/C26H29NO/c1-3-19-26(2,28)25(20-22-13-7-4-8-14-22)27(24-17-11-6-12-18-24)21-23-15-9-5-10-16-23/h3-18,25,28H,1,19-21H2,2H3/t25-,26+/m1/s1. The highest BCUT2D eigenvalue weighted by Gasteiger charge is 2.35. The lowest BCUT2D eigenvalue weighted by Crippen LogP contribution is -2.52. The van der Waals surface area contributed by atoms with Crippen LogP contribution in [0.4, 0.5) is 5.69 Å². The van der Waals surface area contributed by atoms with Crippen molar-refractivity contribution in [1.82, 2.24) is 0 Å². The molecule has 0 bridgehead atoms. The molecule has 3 aromatic rings. The van der Waals surface area contributed by atoms with Gasteiger partial charge in [0.15, 0.2) is 0 Å². The van der Waals surface area contributed by atoms with Crippen LogP contribution >= 0.6 is 0 Å². The first-order valence-electron chi connectivity index (χ1n) is 9.83. The number of benzene rings is 3. The van der Waals surface area contributed by atoms with Crippen LogP contribution in [0, 0.1) is 0 Å². The van der Waals surface area contributed by atoms with Crippen molar-refractivity contribution in [3.8, 4) is 0 Å². The third-order valence-electron chi connectivity index (χ3n) is 5.21. The first kappa shape index (κ1) is 19.9. The molecule has 0 radical (unpaired) electrons. The highest BCUT2D eigenvalue weighted by molar-refractivity contribution is 5.49. The molecule has 0 aliphatic rings. The zero-order valence-electron chi connectivity index (χ0n) is 16.5. The predicted molar refractivity (Wildman–Crippen MR) is 118 cm³/mol. The van der Waals surface area contributed by atoms with Crippen molar-refractivity contribution in [3.05, 3.63) is 115 Å². The number of para-hydroxylation sites is 1. The van der Waals surface area contributed by atoms with Crippen molar-refractivity contribution in [2.24, 2.45) is 0 Å². The first-order valence-corrected chi connectivity index (χ1v) is 9.83. The summed E-state index contributed by atoms with van der Waals surface area (Å²) >= 11 is 0. The monoisotopic (exact) mass is 371 g/mol. The third-order valence-corrected chi connectivity index (χ3v) is 5.21. The first-order chi connectivity index (χ1) is 13.6. The zero-order valence-corrected chi connectivity index (χ0v) is 16.5. The Balaban J connectivity index is 2.02. The van der Waals surface area contributed by atoms with Gasteiger partial charge in [0.05, 0.1) is 11.6 Å². The molecule has 0 spiro atoms. The van der Waals surface area contributed by atoms with E-state index in [0.29, 0.717) is 6.42 Å². The predicted octanol–water partition coefficient (Wildman–Crippen LogP) is 5.63. The summed E-state index contributed by atoms with van der Waals surface area (Å²) in [5, 5.41) is 11.4. The van der Waals surface area contributed by atoms with Gasteiger partial charge in [-0.3, -0.25) is 0 Å². The second-order valence-corrected chi connectivity index (χ2v) is 7.50. The van der Waals surface area contributed by atoms with Gasteiger partial charge in [-0.1, -0.05) is 84.9 Å². The molecule has 2 nitrogen and oxygen atoms in total. The van der Waals surface area contributed by atoms with Gasteiger partial charge >= 0.3 is 0 Å². The molecule has 3 aromatic carbocycles. The molecular formula is C26H29NO. The summed E-state index contributed by atoms with van der Waals surface area (Å²) in [6, 6.07) is 31.1. The van der Waals surface area contributed by atoms with Crippen LogP contribution in [0.3, 0.4) is 0 Å². The molecule has 0 saturated heterocycles. The number of rotatable bonds is 9. The van der Waals surface area contributed by atoms with Crippen LogP contribution in [0.1, 0.15) is 24.5 Å². The van der Waals surface area contributed by atoms with E-state index in [4.69, 9.17) is 0 Å². The SMILES string of the molecule is C=CC[C@](C)(O)[C@@H](Cc1ccccc1)N(Cc1ccccc1)c1ccccc1. The van der Waals surface area contributed by atoms with Crippen molar-refractivity contribution < 1.29 is 5.11 Å². The summed E-state index contributed by atoms with van der Waals surface area (Å²) in [4.78, 5) is 2.33. The topological polar surface area (TPSA) is 23.5 Å². The molecule has 2 heteroatoms. The number of aliphatic hydroxyl groups is 1. The van der Waals surface area contributed by atoms with Crippen LogP contribution in [-0.2, 0) is 13.0 Å². The molecule has 0 heterocycles. The smallest absolute Gasteiger partial charge is 0.0859 e. The summed E-state index contributed by atoms with van der Waals surface area (Å²) in [6.45, 7) is 6.52. The summed E-state index contributed by atoms with van der Waals surface area (Å²) in [5.74, 6) is 0. The van der Waals surface area contributed by atoms with E-state index in [0.717, 1.165) is 18.7 Å². The quantitative estimate of drug-likeness (QED) is 0.493. The van der Waals surface area contributed by atoms with Crippen molar-refractivity contribution in [1.29, 1.82) is 0 Å². The molecule has 1 N–H and O–H groups in total. The fourth-order valence-corrected chi connectivity index (χ4v) is 3.71. The maximum Gasteiger partial charge on any atom is 0.0859 e. The van der Waals surface area contributed by atoms with Gasteiger partial charge in [-0.05, 0) is 43.0 Å². The minimum Gasteiger partial charge on any atom is -0.388 e. The Bertz CT molecular complexity index is 843. The molecule has 0 aliphatic carbocycles. The number of hydrogen-bond donors (Lipinski definition) is 1. The normalized spacial score (nSPS) is 14.1. The summed E-state index contributed by atoms with van der Waals surface area (Å²) < 4.78 is 0. The molecular weight excluding hydrogens is 342 g/mol. The van der Waals surface area contributed by atoms with Crippen LogP contribution in [0.15, 0.2) is 104 Å². The largest absolute Gasteiger partial charge is 0.388 e. The van der Waals surface area contributed by atoms with E-state index in [1.54, 1.807) is 0 Å². The molecule has 0 fully saturated rings. The maximum absolute atomic E-state index is 11.4. The third kappa shape index (κ3) is 5.11. The van der Waals surface area contributed by atoms with Crippen LogP contribution in [0.25, 0.3) is 0 Å². The average molecular weight is 372 g/mol. The lowest BCUT2D eigenvalue weighted by Gasteiger charge is -2.42. The molecule has 0 aliphatic heterocycles. The highest BCUT2D eigenvalue weighted by atomic mass is 16.3. The molecule has 28 heavy (non-hydrogen) atoms. The van der Waals surface area contributed by atoms with Crippen LogP contribution in [-0.4, -0.2) is 16.7 Å². The molecule has 144 valence electrons. The van der Waals surface area contributed by atoms with Crippen LogP contribution < -0.4 is 4.90 Å². The van der Waals surface area contributed by atoms with Crippen LogP contribution in [0.2, 0.25) is 0 Å². The van der Waals surface area contributed by atoms with Crippen molar-refractivity contribution in [2.75, 3.05) is 4.90 Å². The molecule has 0 saturated carbocycles. The Kier molecular flexibility index (Phi) is 6.67. The van der Waals surface area contributed by atoms with Gasteiger partial charge < -0.3 is 10.0 Å². The van der Waals surface area contributed by atoms with Crippen molar-refractivity contribution in [3.63, 3.8) is 0 Å². The van der Waals surface area contributed by atoms with E-state index in [1.165, 1.54) is 11.1 Å². The molecule has 0 aromatic heterocycles. The second kappa shape index (κ2) is 9.38. The lowest BCUT2D eigenvalue weighted by atomic mass is 9.86. The van der Waals surface area contributed by atoms with E-state index in [-0.39, 0.29) is 6.04 Å². The van der Waals surface area contributed by atoms with E-state index in [9.17, 15) is 5.11 Å². The molecule has 0 amide bonds. The fourth-order valence-electron chi connectivity index (χ4n) is 3.71. The lowest BCUT2D eigenvalue weighted by molar-refractivity contribution is 0.0320. The van der Waals surface area contributed by atoms with Crippen molar-refractivity contribution >= 4 is 5.69 Å². The number of anilines is 1. The Hall–Kier alpha value is -2.84. The van der Waals surface area contributed by atoms with Crippen LogP contribution in [0.5, 0.6) is 0 Å². The Morgan fingerprint density at radius 2 is 1.36 bits per heavy atom. The van der Waals surface area contributed by atoms with E-state index in [2.05, 4.69) is 84.3 Å². The average Bonchev–Trinajstić information content (AvgIpc) is 2.73. The zero-order chi connectivity index (χ0) is 19.8. The van der Waals surface area contributed by atoms with E-state index < -0.39 is 5.60 Å². The van der Waals surface area contributed by atoms with Gasteiger partial charge in [0.25, 0.3) is 0 Å².